The predicted octanol–water partition coefficient (Wildman–Crippen LogP) is 3.80. The lowest BCUT2D eigenvalue weighted by Gasteiger charge is -2.15. The highest BCUT2D eigenvalue weighted by Crippen LogP contribution is 2.29. The van der Waals surface area contributed by atoms with Gasteiger partial charge in [-0.2, -0.15) is 0 Å². The number of rotatable bonds is 4. The maximum atomic E-state index is 6.12. The van der Waals surface area contributed by atoms with Gasteiger partial charge in [0.2, 0.25) is 5.95 Å². The second kappa shape index (κ2) is 5.41. The van der Waals surface area contributed by atoms with E-state index in [-0.39, 0.29) is 6.04 Å². The number of ether oxygens (including phenoxy) is 1. The first kappa shape index (κ1) is 13.9. The highest BCUT2D eigenvalue weighted by Gasteiger charge is 2.15. The average Bonchev–Trinajstić information content (AvgIpc) is 3.00. The molecule has 0 saturated carbocycles. The van der Waals surface area contributed by atoms with E-state index in [1.54, 1.807) is 7.11 Å². The Morgan fingerprint density at radius 3 is 2.81 bits per heavy atom. The number of hydrogen-bond acceptors (Lipinski definition) is 4. The van der Waals surface area contributed by atoms with E-state index in [9.17, 15) is 0 Å². The predicted molar refractivity (Wildman–Crippen MR) is 88.2 cm³/mol. The minimum absolute atomic E-state index is 0.265. The van der Waals surface area contributed by atoms with Gasteiger partial charge in [-0.05, 0) is 38.1 Å². The molecule has 1 atom stereocenters. The molecule has 2 heterocycles. The molecule has 5 heteroatoms. The highest BCUT2D eigenvalue weighted by atomic mass is 32.1. The molecule has 110 valence electrons. The van der Waals surface area contributed by atoms with Gasteiger partial charge in [0.25, 0.3) is 0 Å². The second-order valence-electron chi connectivity index (χ2n) is 5.26. The van der Waals surface area contributed by atoms with Gasteiger partial charge in [0.05, 0.1) is 18.1 Å². The molecule has 0 radical (unpaired) electrons. The van der Waals surface area contributed by atoms with Gasteiger partial charge < -0.3 is 15.0 Å². The van der Waals surface area contributed by atoms with Gasteiger partial charge in [-0.15, -0.1) is 11.3 Å². The van der Waals surface area contributed by atoms with E-state index in [0.29, 0.717) is 5.95 Å². The van der Waals surface area contributed by atoms with Crippen molar-refractivity contribution in [3.63, 3.8) is 0 Å². The normalized spacial score (nSPS) is 12.7. The number of benzene rings is 1. The number of methoxy groups -OCH3 is 1. The summed E-state index contributed by atoms with van der Waals surface area (Å²) in [4.78, 5) is 7.16. The van der Waals surface area contributed by atoms with E-state index in [2.05, 4.69) is 35.5 Å². The summed E-state index contributed by atoms with van der Waals surface area (Å²) in [6.07, 6.45) is 0.959. The maximum absolute atomic E-state index is 6.12. The number of hydrogen-bond donors (Lipinski definition) is 1. The smallest absolute Gasteiger partial charge is 0.201 e. The summed E-state index contributed by atoms with van der Waals surface area (Å²) in [6.45, 7) is 4.31. The van der Waals surface area contributed by atoms with Crippen LogP contribution in [0.1, 0.15) is 22.7 Å². The Labute approximate surface area is 128 Å². The Balaban J connectivity index is 1.97. The quantitative estimate of drug-likeness (QED) is 0.797. The van der Waals surface area contributed by atoms with E-state index in [1.165, 1.54) is 9.75 Å². The Bertz CT molecular complexity index is 775. The molecule has 0 saturated heterocycles. The van der Waals surface area contributed by atoms with Crippen molar-refractivity contribution in [2.75, 3.05) is 12.8 Å². The van der Waals surface area contributed by atoms with Crippen LogP contribution < -0.4 is 10.5 Å². The fourth-order valence-corrected chi connectivity index (χ4v) is 3.67. The van der Waals surface area contributed by atoms with Crippen LogP contribution in [0.2, 0.25) is 0 Å². The van der Waals surface area contributed by atoms with Gasteiger partial charge in [-0.1, -0.05) is 0 Å². The molecule has 0 aliphatic carbocycles. The summed E-state index contributed by atoms with van der Waals surface area (Å²) in [6, 6.07) is 10.5. The van der Waals surface area contributed by atoms with Crippen molar-refractivity contribution in [3.05, 3.63) is 40.1 Å². The van der Waals surface area contributed by atoms with Gasteiger partial charge in [0.1, 0.15) is 5.75 Å². The fourth-order valence-electron chi connectivity index (χ4n) is 2.66. The lowest BCUT2D eigenvalue weighted by atomic mass is 10.2. The molecule has 0 aliphatic heterocycles. The minimum Gasteiger partial charge on any atom is -0.497 e. The molecular weight excluding hydrogens is 282 g/mol. The number of nitrogens with zero attached hydrogens (tertiary/aromatic N) is 2. The molecule has 1 aromatic carbocycles. The van der Waals surface area contributed by atoms with Crippen molar-refractivity contribution >= 4 is 28.3 Å². The van der Waals surface area contributed by atoms with Crippen molar-refractivity contribution in [2.45, 2.75) is 26.3 Å². The number of thiophene rings is 1. The van der Waals surface area contributed by atoms with Crippen molar-refractivity contribution < 1.29 is 4.74 Å². The number of nitrogen functional groups attached to an aromatic ring is 1. The first-order chi connectivity index (χ1) is 10.1. The standard InChI is InChI=1S/C16H19N3OS/c1-10(8-13-6-4-11(2)21-13)19-15-7-5-12(20-3)9-14(15)18-16(19)17/h4-7,9-10H,8H2,1-3H3,(H2,17,18). The Morgan fingerprint density at radius 2 is 2.14 bits per heavy atom. The molecule has 2 N–H and O–H groups in total. The molecule has 2 aromatic heterocycles. The van der Waals surface area contributed by atoms with Crippen molar-refractivity contribution in [3.8, 4) is 5.75 Å². The molecule has 21 heavy (non-hydrogen) atoms. The molecule has 0 amide bonds. The molecule has 1 unspecified atom stereocenters. The van der Waals surface area contributed by atoms with Crippen LogP contribution in [0.4, 0.5) is 5.95 Å². The molecule has 0 bridgehead atoms. The largest absolute Gasteiger partial charge is 0.497 e. The van der Waals surface area contributed by atoms with Gasteiger partial charge in [-0.3, -0.25) is 0 Å². The Kier molecular flexibility index (Phi) is 3.59. The third-order valence-electron chi connectivity index (χ3n) is 3.66. The summed E-state index contributed by atoms with van der Waals surface area (Å²) in [5.41, 5.74) is 8.05. The van der Waals surface area contributed by atoms with Crippen LogP contribution in [0, 0.1) is 6.92 Å². The molecule has 0 fully saturated rings. The molecule has 4 nitrogen and oxygen atoms in total. The van der Waals surface area contributed by atoms with Crippen molar-refractivity contribution in [1.82, 2.24) is 9.55 Å². The number of nitrogens with two attached hydrogens (primary N) is 1. The van der Waals surface area contributed by atoms with Crippen LogP contribution in [-0.2, 0) is 6.42 Å². The Morgan fingerprint density at radius 1 is 1.33 bits per heavy atom. The molecule has 3 rings (SSSR count). The number of anilines is 1. The monoisotopic (exact) mass is 301 g/mol. The lowest BCUT2D eigenvalue weighted by molar-refractivity contribution is 0.415. The van der Waals surface area contributed by atoms with Crippen molar-refractivity contribution in [1.29, 1.82) is 0 Å². The van der Waals surface area contributed by atoms with Gasteiger partial charge in [0.15, 0.2) is 0 Å². The second-order valence-corrected chi connectivity index (χ2v) is 6.63. The number of aromatic nitrogens is 2. The molecular formula is C16H19N3OS. The number of fused-ring (bicyclic) bond motifs is 1. The van der Waals surface area contributed by atoms with Crippen LogP contribution >= 0.6 is 11.3 Å². The van der Waals surface area contributed by atoms with Crippen LogP contribution in [-0.4, -0.2) is 16.7 Å². The van der Waals surface area contributed by atoms with E-state index >= 15 is 0 Å². The van der Waals surface area contributed by atoms with Crippen molar-refractivity contribution in [2.24, 2.45) is 0 Å². The maximum Gasteiger partial charge on any atom is 0.201 e. The summed E-state index contributed by atoms with van der Waals surface area (Å²) >= 11 is 1.84. The van der Waals surface area contributed by atoms with E-state index < -0.39 is 0 Å². The van der Waals surface area contributed by atoms with Gasteiger partial charge >= 0.3 is 0 Å². The van der Waals surface area contributed by atoms with Crippen LogP contribution in [0.15, 0.2) is 30.3 Å². The topological polar surface area (TPSA) is 53.1 Å². The van der Waals surface area contributed by atoms with Gasteiger partial charge in [-0.25, -0.2) is 4.98 Å². The first-order valence-corrected chi connectivity index (χ1v) is 7.77. The summed E-state index contributed by atoms with van der Waals surface area (Å²) in [5, 5.41) is 0. The lowest BCUT2D eigenvalue weighted by Crippen LogP contribution is -2.10. The summed E-state index contributed by atoms with van der Waals surface area (Å²) < 4.78 is 7.34. The van der Waals surface area contributed by atoms with E-state index in [4.69, 9.17) is 10.5 Å². The fraction of sp³-hybridized carbons (Fsp3) is 0.312. The van der Waals surface area contributed by atoms with Crippen LogP contribution in [0.25, 0.3) is 11.0 Å². The third-order valence-corrected chi connectivity index (χ3v) is 4.68. The molecule has 0 aliphatic rings. The van der Waals surface area contributed by atoms with Crippen LogP contribution in [0.5, 0.6) is 5.75 Å². The third kappa shape index (κ3) is 2.61. The first-order valence-electron chi connectivity index (χ1n) is 6.95. The minimum atomic E-state index is 0.265. The summed E-state index contributed by atoms with van der Waals surface area (Å²) in [5.74, 6) is 1.35. The van der Waals surface area contributed by atoms with E-state index in [0.717, 1.165) is 23.2 Å². The summed E-state index contributed by atoms with van der Waals surface area (Å²) in [7, 11) is 1.66. The van der Waals surface area contributed by atoms with Gasteiger partial charge in [0, 0.05) is 28.3 Å². The zero-order valence-corrected chi connectivity index (χ0v) is 13.3. The zero-order valence-electron chi connectivity index (χ0n) is 12.5. The SMILES string of the molecule is COc1ccc2c(c1)nc(N)n2C(C)Cc1ccc(C)s1. The number of aryl methyl sites for hydroxylation is 1. The van der Waals surface area contributed by atoms with E-state index in [1.807, 2.05) is 29.5 Å². The zero-order chi connectivity index (χ0) is 15.0. The average molecular weight is 301 g/mol. The molecule has 3 aromatic rings. The number of imidazole rings is 1. The highest BCUT2D eigenvalue weighted by molar-refractivity contribution is 7.11. The Hall–Kier alpha value is -2.01. The van der Waals surface area contributed by atoms with Crippen LogP contribution in [0.3, 0.4) is 0 Å². The molecule has 0 spiro atoms.